The number of rotatable bonds is 4. The molecule has 21 heavy (non-hydrogen) atoms. The Morgan fingerprint density at radius 3 is 3.05 bits per heavy atom. The van der Waals surface area contributed by atoms with Crippen molar-refractivity contribution in [3.05, 3.63) is 31.7 Å². The molecule has 0 fully saturated rings. The van der Waals surface area contributed by atoms with Gasteiger partial charge in [-0.2, -0.15) is 0 Å². The van der Waals surface area contributed by atoms with E-state index in [1.165, 1.54) is 10.6 Å². The average Bonchev–Trinajstić information content (AvgIpc) is 3.02. The highest BCUT2D eigenvalue weighted by atomic mass is 32.1. The highest BCUT2D eigenvalue weighted by molar-refractivity contribution is 7.11. The van der Waals surface area contributed by atoms with Gasteiger partial charge in [0, 0.05) is 23.9 Å². The summed E-state index contributed by atoms with van der Waals surface area (Å²) in [6.45, 7) is 4.02. The molecule has 0 saturated carbocycles. The number of aromatic nitrogens is 2. The number of carbonyl (C=O) groups is 1. The fraction of sp³-hybridized carbons (Fsp3) is 0.533. The van der Waals surface area contributed by atoms with Crippen LogP contribution in [0.2, 0.25) is 0 Å². The second-order valence-corrected chi connectivity index (χ2v) is 7.62. The van der Waals surface area contributed by atoms with Crippen LogP contribution in [0.4, 0.5) is 0 Å². The number of nitrogens with zero attached hydrogens (tertiary/aromatic N) is 2. The van der Waals surface area contributed by atoms with Crippen molar-refractivity contribution in [2.45, 2.75) is 52.0 Å². The molecule has 0 spiro atoms. The lowest BCUT2D eigenvalue weighted by Crippen LogP contribution is -2.30. The van der Waals surface area contributed by atoms with Crippen LogP contribution in [0.3, 0.4) is 0 Å². The monoisotopic (exact) mass is 321 g/mol. The van der Waals surface area contributed by atoms with Crippen LogP contribution in [0.1, 0.15) is 51.6 Å². The van der Waals surface area contributed by atoms with E-state index in [-0.39, 0.29) is 11.9 Å². The van der Waals surface area contributed by atoms with Crippen LogP contribution in [-0.4, -0.2) is 15.9 Å². The van der Waals surface area contributed by atoms with Crippen LogP contribution in [0.15, 0.2) is 5.38 Å². The Bertz CT molecular complexity index is 647. The van der Waals surface area contributed by atoms with Gasteiger partial charge in [-0.3, -0.25) is 4.79 Å². The first-order valence-corrected chi connectivity index (χ1v) is 8.98. The van der Waals surface area contributed by atoms with Crippen molar-refractivity contribution in [2.75, 3.05) is 0 Å². The average molecular weight is 321 g/mol. The van der Waals surface area contributed by atoms with Crippen molar-refractivity contribution < 1.29 is 4.79 Å². The second kappa shape index (κ2) is 6.23. The Labute approximate surface area is 132 Å². The lowest BCUT2D eigenvalue weighted by molar-refractivity contribution is -0.121. The fourth-order valence-electron chi connectivity index (χ4n) is 2.68. The third-order valence-corrected chi connectivity index (χ3v) is 5.78. The minimum atomic E-state index is 0.117. The number of hydrogen-bond donors (Lipinski definition) is 1. The van der Waals surface area contributed by atoms with Crippen LogP contribution in [0.5, 0.6) is 0 Å². The maximum atomic E-state index is 12.2. The van der Waals surface area contributed by atoms with Gasteiger partial charge in [0.15, 0.2) is 0 Å². The van der Waals surface area contributed by atoms with Crippen LogP contribution in [-0.2, 0) is 17.6 Å². The Morgan fingerprint density at radius 1 is 1.43 bits per heavy atom. The summed E-state index contributed by atoms with van der Waals surface area (Å²) < 4.78 is 0. The number of aryl methyl sites for hydroxylation is 4. The predicted molar refractivity (Wildman–Crippen MR) is 85.8 cm³/mol. The maximum Gasteiger partial charge on any atom is 0.220 e. The smallest absolute Gasteiger partial charge is 0.220 e. The maximum absolute atomic E-state index is 12.2. The molecule has 0 bridgehead atoms. The zero-order chi connectivity index (χ0) is 14.8. The van der Waals surface area contributed by atoms with Crippen molar-refractivity contribution in [3.8, 4) is 0 Å². The molecule has 2 aromatic rings. The van der Waals surface area contributed by atoms with Crippen molar-refractivity contribution in [1.82, 2.24) is 15.3 Å². The molecule has 1 N–H and O–H groups in total. The van der Waals surface area contributed by atoms with Crippen molar-refractivity contribution in [3.63, 3.8) is 0 Å². The van der Waals surface area contributed by atoms with Crippen LogP contribution in [0.25, 0.3) is 0 Å². The predicted octanol–water partition coefficient (Wildman–Crippen LogP) is 3.34. The molecule has 1 unspecified atom stereocenters. The highest BCUT2D eigenvalue weighted by Gasteiger charge is 2.25. The van der Waals surface area contributed by atoms with Gasteiger partial charge < -0.3 is 5.32 Å². The molecule has 0 saturated heterocycles. The third kappa shape index (κ3) is 3.49. The van der Waals surface area contributed by atoms with Gasteiger partial charge in [0.25, 0.3) is 0 Å². The summed E-state index contributed by atoms with van der Waals surface area (Å²) in [5.41, 5.74) is 2.22. The Morgan fingerprint density at radius 2 is 2.29 bits per heavy atom. The largest absolute Gasteiger partial charge is 0.348 e. The molecule has 112 valence electrons. The molecule has 3 rings (SSSR count). The molecule has 1 amide bonds. The first-order valence-electron chi connectivity index (χ1n) is 7.28. The number of fused-ring (bicyclic) bond motifs is 1. The number of nitrogens with one attached hydrogen (secondary N) is 1. The highest BCUT2D eigenvalue weighted by Crippen LogP contribution is 2.33. The van der Waals surface area contributed by atoms with Crippen molar-refractivity contribution in [2.24, 2.45) is 0 Å². The van der Waals surface area contributed by atoms with Gasteiger partial charge in [0.05, 0.1) is 26.6 Å². The van der Waals surface area contributed by atoms with Crippen LogP contribution >= 0.6 is 22.7 Å². The normalized spacial score (nSPS) is 17.5. The van der Waals surface area contributed by atoms with E-state index in [1.807, 2.05) is 19.2 Å². The standard InChI is InChI=1S/C15H19N3OS2/c1-9-8-20-14(16-9)7-6-13(19)18-12-5-3-4-11-15(12)21-10(2)17-11/h8,12H,3-7H2,1-2H3,(H,18,19). The summed E-state index contributed by atoms with van der Waals surface area (Å²) in [5.74, 6) is 0.117. The molecule has 4 nitrogen and oxygen atoms in total. The van der Waals surface area contributed by atoms with Crippen molar-refractivity contribution in [1.29, 1.82) is 0 Å². The lowest BCUT2D eigenvalue weighted by atomic mass is 9.98. The van der Waals surface area contributed by atoms with E-state index in [1.54, 1.807) is 22.7 Å². The first-order chi connectivity index (χ1) is 10.1. The van der Waals surface area contributed by atoms with Gasteiger partial charge in [0.1, 0.15) is 0 Å². The van der Waals surface area contributed by atoms with Gasteiger partial charge >= 0.3 is 0 Å². The molecule has 0 aromatic carbocycles. The van der Waals surface area contributed by atoms with Gasteiger partial charge in [0.2, 0.25) is 5.91 Å². The van der Waals surface area contributed by atoms with E-state index in [4.69, 9.17) is 0 Å². The summed E-state index contributed by atoms with van der Waals surface area (Å²) in [6, 6.07) is 0.158. The Hall–Kier alpha value is -1.27. The molecule has 2 heterocycles. The molecule has 0 radical (unpaired) electrons. The second-order valence-electron chi connectivity index (χ2n) is 5.44. The molecule has 0 aliphatic heterocycles. The number of thiazole rings is 2. The number of amides is 1. The summed E-state index contributed by atoms with van der Waals surface area (Å²) >= 11 is 3.35. The Kier molecular flexibility index (Phi) is 4.35. The topological polar surface area (TPSA) is 54.9 Å². The molecule has 1 aliphatic carbocycles. The van der Waals surface area contributed by atoms with E-state index in [0.29, 0.717) is 6.42 Å². The van der Waals surface area contributed by atoms with E-state index in [2.05, 4.69) is 15.3 Å². The van der Waals surface area contributed by atoms with E-state index in [9.17, 15) is 4.79 Å². The quantitative estimate of drug-likeness (QED) is 0.939. The molecule has 6 heteroatoms. The van der Waals surface area contributed by atoms with E-state index >= 15 is 0 Å². The summed E-state index contributed by atoms with van der Waals surface area (Å²) in [4.78, 5) is 22.4. The molecule has 1 aliphatic rings. The molecular formula is C15H19N3OS2. The fourth-order valence-corrected chi connectivity index (χ4v) is 4.52. The van der Waals surface area contributed by atoms with Gasteiger partial charge in [-0.25, -0.2) is 9.97 Å². The zero-order valence-corrected chi connectivity index (χ0v) is 13.9. The lowest BCUT2D eigenvalue weighted by Gasteiger charge is -2.22. The summed E-state index contributed by atoms with van der Waals surface area (Å²) in [5, 5.41) is 7.34. The molecule has 2 aromatic heterocycles. The third-order valence-electron chi connectivity index (χ3n) is 3.63. The summed E-state index contributed by atoms with van der Waals surface area (Å²) in [6.07, 6.45) is 4.41. The van der Waals surface area contributed by atoms with Gasteiger partial charge in [-0.05, 0) is 33.1 Å². The minimum Gasteiger partial charge on any atom is -0.348 e. The van der Waals surface area contributed by atoms with Gasteiger partial charge in [-0.1, -0.05) is 0 Å². The minimum absolute atomic E-state index is 0.117. The van der Waals surface area contributed by atoms with E-state index in [0.717, 1.165) is 41.4 Å². The molecule has 1 atom stereocenters. The van der Waals surface area contributed by atoms with E-state index < -0.39 is 0 Å². The zero-order valence-electron chi connectivity index (χ0n) is 12.3. The Balaban J connectivity index is 1.58. The summed E-state index contributed by atoms with van der Waals surface area (Å²) in [7, 11) is 0. The number of carbonyl (C=O) groups excluding carboxylic acids is 1. The van der Waals surface area contributed by atoms with Gasteiger partial charge in [-0.15, -0.1) is 22.7 Å². The SMILES string of the molecule is Cc1csc(CCC(=O)NC2CCCc3nc(C)sc32)n1. The molecular weight excluding hydrogens is 302 g/mol. The van der Waals surface area contributed by atoms with Crippen molar-refractivity contribution >= 4 is 28.6 Å². The first kappa shape index (κ1) is 14.7. The van der Waals surface area contributed by atoms with Crippen LogP contribution in [0, 0.1) is 13.8 Å². The number of hydrogen-bond acceptors (Lipinski definition) is 5. The van der Waals surface area contributed by atoms with Crippen LogP contribution < -0.4 is 5.32 Å².